The van der Waals surface area contributed by atoms with Crippen LogP contribution in [0.3, 0.4) is 0 Å². The van der Waals surface area contributed by atoms with Gasteiger partial charge in [-0.3, -0.25) is 0 Å². The van der Waals surface area contributed by atoms with E-state index >= 15 is 0 Å². The molecule has 16 heavy (non-hydrogen) atoms. The Balaban J connectivity index is 2.11. The Labute approximate surface area is 102 Å². The number of fused-ring (bicyclic) bond motifs is 1. The Morgan fingerprint density at radius 3 is 3.12 bits per heavy atom. The van der Waals surface area contributed by atoms with Crippen molar-refractivity contribution in [2.45, 2.75) is 18.6 Å². The summed E-state index contributed by atoms with van der Waals surface area (Å²) in [6, 6.07) is 0. The fraction of sp³-hybridized carbons (Fsp3) is 0.273. The van der Waals surface area contributed by atoms with Crippen LogP contribution in [-0.4, -0.2) is 9.97 Å². The third-order valence-corrected chi connectivity index (χ3v) is 4.20. The lowest BCUT2D eigenvalue weighted by atomic mass is 10.1. The van der Waals surface area contributed by atoms with Crippen LogP contribution in [0.25, 0.3) is 11.1 Å². The van der Waals surface area contributed by atoms with Gasteiger partial charge in [-0.05, 0) is 18.2 Å². The maximum absolute atomic E-state index is 6.08. The van der Waals surface area contributed by atoms with Gasteiger partial charge in [0.05, 0.1) is 11.6 Å². The first-order valence-electron chi connectivity index (χ1n) is 4.96. The van der Waals surface area contributed by atoms with Crippen LogP contribution in [0.15, 0.2) is 28.0 Å². The van der Waals surface area contributed by atoms with E-state index in [1.165, 1.54) is 11.2 Å². The highest BCUT2D eigenvalue weighted by molar-refractivity contribution is 8.03. The van der Waals surface area contributed by atoms with E-state index in [4.69, 9.17) is 16.0 Å². The summed E-state index contributed by atoms with van der Waals surface area (Å²) in [7, 11) is 0. The van der Waals surface area contributed by atoms with Crippen LogP contribution in [0.1, 0.15) is 24.2 Å². The average molecular weight is 253 g/mol. The van der Waals surface area contributed by atoms with Crippen LogP contribution in [-0.2, 0) is 0 Å². The van der Waals surface area contributed by atoms with E-state index in [0.29, 0.717) is 16.1 Å². The summed E-state index contributed by atoms with van der Waals surface area (Å²) < 4.78 is 5.41. The monoisotopic (exact) mass is 252 g/mol. The van der Waals surface area contributed by atoms with Crippen molar-refractivity contribution in [2.24, 2.45) is 0 Å². The van der Waals surface area contributed by atoms with Gasteiger partial charge in [-0.25, -0.2) is 9.97 Å². The Kier molecular flexibility index (Phi) is 2.41. The molecule has 82 valence electrons. The number of thioether (sulfide) groups is 1. The molecule has 0 aromatic carbocycles. The molecule has 2 aromatic rings. The fourth-order valence-corrected chi connectivity index (χ4v) is 3.25. The third kappa shape index (κ3) is 1.53. The van der Waals surface area contributed by atoms with Gasteiger partial charge >= 0.3 is 0 Å². The zero-order chi connectivity index (χ0) is 11.1. The van der Waals surface area contributed by atoms with Gasteiger partial charge in [0.15, 0.2) is 0 Å². The topological polar surface area (TPSA) is 38.9 Å². The summed E-state index contributed by atoms with van der Waals surface area (Å²) in [4.78, 5) is 9.40. The number of furan rings is 1. The largest absolute Gasteiger partial charge is 0.446 e. The second-order valence-corrected chi connectivity index (χ2v) is 5.50. The summed E-state index contributed by atoms with van der Waals surface area (Å²) in [5.74, 6) is 0. The summed E-state index contributed by atoms with van der Waals surface area (Å²) in [6.45, 7) is 2.12. The van der Waals surface area contributed by atoms with Crippen LogP contribution < -0.4 is 0 Å². The highest BCUT2D eigenvalue weighted by Crippen LogP contribution is 2.46. The molecular weight excluding hydrogens is 244 g/mol. The van der Waals surface area contributed by atoms with E-state index in [9.17, 15) is 0 Å². The van der Waals surface area contributed by atoms with Gasteiger partial charge in [-0.2, -0.15) is 0 Å². The normalized spacial score (nSPS) is 20.4. The average Bonchev–Trinajstić information content (AvgIpc) is 2.84. The zero-order valence-electron chi connectivity index (χ0n) is 8.61. The smallest absolute Gasteiger partial charge is 0.230 e. The van der Waals surface area contributed by atoms with Crippen molar-refractivity contribution < 1.29 is 4.42 Å². The minimum Gasteiger partial charge on any atom is -0.446 e. The Hall–Kier alpha value is -1.00. The van der Waals surface area contributed by atoms with Gasteiger partial charge in [0.25, 0.3) is 0 Å². The van der Waals surface area contributed by atoms with Gasteiger partial charge in [-0.15, -0.1) is 11.8 Å². The van der Waals surface area contributed by atoms with E-state index in [1.54, 1.807) is 6.26 Å². The molecule has 3 nitrogen and oxygen atoms in total. The van der Waals surface area contributed by atoms with Crippen LogP contribution >= 0.6 is 23.4 Å². The van der Waals surface area contributed by atoms with Gasteiger partial charge in [-0.1, -0.05) is 17.7 Å². The van der Waals surface area contributed by atoms with E-state index in [-0.39, 0.29) is 0 Å². The Morgan fingerprint density at radius 1 is 1.50 bits per heavy atom. The van der Waals surface area contributed by atoms with Gasteiger partial charge in [0, 0.05) is 10.8 Å². The number of aromatic nitrogens is 2. The maximum Gasteiger partial charge on any atom is 0.230 e. The van der Waals surface area contributed by atoms with Crippen LogP contribution in [0.2, 0.25) is 5.15 Å². The summed E-state index contributed by atoms with van der Waals surface area (Å²) in [6.07, 6.45) is 6.40. The van der Waals surface area contributed by atoms with E-state index < -0.39 is 0 Å². The summed E-state index contributed by atoms with van der Waals surface area (Å²) >= 11 is 7.91. The lowest BCUT2D eigenvalue weighted by molar-refractivity contribution is 0.597. The van der Waals surface area contributed by atoms with Gasteiger partial charge < -0.3 is 4.42 Å². The summed E-state index contributed by atoms with van der Waals surface area (Å²) in [5.41, 5.74) is 1.67. The molecule has 0 radical (unpaired) electrons. The minimum atomic E-state index is 0.379. The van der Waals surface area contributed by atoms with Gasteiger partial charge in [0.1, 0.15) is 11.5 Å². The molecule has 0 saturated carbocycles. The van der Waals surface area contributed by atoms with Crippen LogP contribution in [0.5, 0.6) is 0 Å². The maximum atomic E-state index is 6.08. The van der Waals surface area contributed by atoms with Crippen LogP contribution in [0, 0.1) is 0 Å². The quantitative estimate of drug-likeness (QED) is 0.720. The number of hydrogen-bond acceptors (Lipinski definition) is 4. The third-order valence-electron chi connectivity index (χ3n) is 2.65. The molecule has 0 saturated heterocycles. The SMILES string of the molecule is CC1=CCC(c2coc3ncnc(Cl)c23)S1. The molecule has 1 aliphatic heterocycles. The van der Waals surface area contributed by atoms with Crippen molar-refractivity contribution in [3.05, 3.63) is 34.3 Å². The number of nitrogens with zero attached hydrogens (tertiary/aromatic N) is 2. The van der Waals surface area contributed by atoms with Crippen molar-refractivity contribution in [2.75, 3.05) is 0 Å². The molecule has 2 aromatic heterocycles. The Bertz CT molecular complexity index is 578. The van der Waals surface area contributed by atoms with Gasteiger partial charge in [0.2, 0.25) is 5.71 Å². The predicted molar refractivity (Wildman–Crippen MR) is 65.5 cm³/mol. The molecule has 0 spiro atoms. The second-order valence-electron chi connectivity index (χ2n) is 3.69. The molecule has 1 aliphatic rings. The van der Waals surface area contributed by atoms with E-state index in [2.05, 4.69) is 23.0 Å². The predicted octanol–water partition coefficient (Wildman–Crippen LogP) is 3.96. The molecule has 3 heterocycles. The van der Waals surface area contributed by atoms with Crippen molar-refractivity contribution >= 4 is 34.5 Å². The molecule has 0 fully saturated rings. The van der Waals surface area contributed by atoms with Crippen molar-refractivity contribution in [3.8, 4) is 0 Å². The molecule has 0 bridgehead atoms. The van der Waals surface area contributed by atoms with Crippen molar-refractivity contribution in [3.63, 3.8) is 0 Å². The number of allylic oxidation sites excluding steroid dienone is 2. The number of halogens is 1. The van der Waals surface area contributed by atoms with Crippen LogP contribution in [0.4, 0.5) is 0 Å². The standard InChI is InChI=1S/C11H9ClN2OS/c1-6-2-3-8(16-6)7-4-15-11-9(7)10(12)13-5-14-11/h2,4-5,8H,3H2,1H3. The fourth-order valence-electron chi connectivity index (χ4n) is 1.88. The Morgan fingerprint density at radius 2 is 2.38 bits per heavy atom. The molecule has 0 amide bonds. The molecule has 0 N–H and O–H groups in total. The number of hydrogen-bond donors (Lipinski definition) is 0. The highest BCUT2D eigenvalue weighted by Gasteiger charge is 2.23. The molecule has 1 unspecified atom stereocenters. The molecule has 0 aliphatic carbocycles. The first-order chi connectivity index (χ1) is 7.75. The van der Waals surface area contributed by atoms with E-state index in [1.807, 2.05) is 11.8 Å². The first-order valence-corrected chi connectivity index (χ1v) is 6.22. The zero-order valence-corrected chi connectivity index (χ0v) is 10.2. The minimum absolute atomic E-state index is 0.379. The second kappa shape index (κ2) is 3.79. The van der Waals surface area contributed by atoms with Crippen molar-refractivity contribution in [1.29, 1.82) is 0 Å². The molecule has 5 heteroatoms. The lowest BCUT2D eigenvalue weighted by Gasteiger charge is -2.06. The number of rotatable bonds is 1. The molecule has 3 rings (SSSR count). The highest BCUT2D eigenvalue weighted by atomic mass is 35.5. The molecule has 1 atom stereocenters. The van der Waals surface area contributed by atoms with Crippen molar-refractivity contribution in [1.82, 2.24) is 9.97 Å². The summed E-state index contributed by atoms with van der Waals surface area (Å²) in [5, 5.41) is 1.70. The lowest BCUT2D eigenvalue weighted by Crippen LogP contribution is -1.89. The first kappa shape index (κ1) is 10.2. The van der Waals surface area contributed by atoms with E-state index in [0.717, 1.165) is 17.4 Å². The molecular formula is C11H9ClN2OS.